The maximum atomic E-state index is 5.64. The summed E-state index contributed by atoms with van der Waals surface area (Å²) in [5, 5.41) is 11.6. The van der Waals surface area contributed by atoms with Crippen LogP contribution in [-0.2, 0) is 13.2 Å². The Hall–Kier alpha value is -1.43. The smallest absolute Gasteiger partial charge is 0.189 e. The third-order valence-corrected chi connectivity index (χ3v) is 3.04. The van der Waals surface area contributed by atoms with Crippen LogP contribution in [0.1, 0.15) is 25.6 Å². The first-order valence-corrected chi connectivity index (χ1v) is 6.72. The summed E-state index contributed by atoms with van der Waals surface area (Å²) in [6.45, 7) is 3.36. The van der Waals surface area contributed by atoms with Gasteiger partial charge in [0.1, 0.15) is 12.4 Å². The number of aromatic nitrogens is 4. The van der Waals surface area contributed by atoms with Gasteiger partial charge in [0.25, 0.3) is 0 Å². The van der Waals surface area contributed by atoms with Gasteiger partial charge in [-0.25, -0.2) is 4.68 Å². The van der Waals surface area contributed by atoms with Crippen molar-refractivity contribution in [3.05, 3.63) is 34.6 Å². The van der Waals surface area contributed by atoms with Crippen molar-refractivity contribution in [3.63, 3.8) is 0 Å². The highest BCUT2D eigenvalue weighted by Gasteiger charge is 2.06. The van der Waals surface area contributed by atoms with E-state index in [4.69, 9.17) is 4.74 Å². The lowest BCUT2D eigenvalue weighted by Gasteiger charge is -2.06. The number of benzene rings is 1. The van der Waals surface area contributed by atoms with E-state index in [0.29, 0.717) is 6.61 Å². The number of rotatable bonds is 6. The highest BCUT2D eigenvalue weighted by Crippen LogP contribution is 2.16. The molecule has 18 heavy (non-hydrogen) atoms. The first-order valence-electron chi connectivity index (χ1n) is 5.93. The van der Waals surface area contributed by atoms with Crippen LogP contribution in [0, 0.1) is 0 Å². The van der Waals surface area contributed by atoms with Gasteiger partial charge in [-0.1, -0.05) is 29.3 Å². The fourth-order valence-electron chi connectivity index (χ4n) is 1.49. The van der Waals surface area contributed by atoms with Crippen molar-refractivity contribution >= 4 is 15.9 Å². The molecule has 0 aliphatic rings. The molecule has 0 spiro atoms. The fraction of sp³-hybridized carbons (Fsp3) is 0.417. The Morgan fingerprint density at radius 2 is 2.06 bits per heavy atom. The van der Waals surface area contributed by atoms with Gasteiger partial charge in [-0.3, -0.25) is 0 Å². The molecule has 1 heterocycles. The van der Waals surface area contributed by atoms with Crippen LogP contribution in [0.3, 0.4) is 0 Å². The van der Waals surface area contributed by atoms with Crippen molar-refractivity contribution in [1.82, 2.24) is 20.2 Å². The number of ether oxygens (including phenoxy) is 1. The molecular formula is C12H15BrN4O. The van der Waals surface area contributed by atoms with Gasteiger partial charge in [0.2, 0.25) is 0 Å². The van der Waals surface area contributed by atoms with E-state index in [-0.39, 0.29) is 0 Å². The SMILES string of the molecule is CCCCn1nnnc1COc1ccc(Br)cc1. The molecule has 6 heteroatoms. The van der Waals surface area contributed by atoms with E-state index in [1.807, 2.05) is 24.3 Å². The Kier molecular flexibility index (Phi) is 4.69. The predicted octanol–water partition coefficient (Wildman–Crippen LogP) is 2.81. The number of tetrazole rings is 1. The van der Waals surface area contributed by atoms with Gasteiger partial charge in [0.05, 0.1) is 0 Å². The molecule has 0 unspecified atom stereocenters. The Morgan fingerprint density at radius 1 is 1.28 bits per heavy atom. The molecule has 0 amide bonds. The molecule has 96 valence electrons. The van der Waals surface area contributed by atoms with E-state index in [9.17, 15) is 0 Å². The minimum absolute atomic E-state index is 0.387. The number of hydrogen-bond donors (Lipinski definition) is 0. The molecule has 1 aromatic heterocycles. The van der Waals surface area contributed by atoms with Crippen LogP contribution >= 0.6 is 15.9 Å². The van der Waals surface area contributed by atoms with Crippen molar-refractivity contribution in [2.75, 3.05) is 0 Å². The first-order chi connectivity index (χ1) is 8.79. The maximum Gasteiger partial charge on any atom is 0.189 e. The molecular weight excluding hydrogens is 296 g/mol. The van der Waals surface area contributed by atoms with Gasteiger partial charge in [-0.15, -0.1) is 5.10 Å². The Bertz CT molecular complexity index is 483. The van der Waals surface area contributed by atoms with Crippen LogP contribution in [-0.4, -0.2) is 20.2 Å². The summed E-state index contributed by atoms with van der Waals surface area (Å²) in [6.07, 6.45) is 2.18. The minimum atomic E-state index is 0.387. The standard InChI is InChI=1S/C12H15BrN4O/c1-2-3-8-17-12(14-15-16-17)9-18-11-6-4-10(13)5-7-11/h4-7H,2-3,8-9H2,1H3. The molecule has 5 nitrogen and oxygen atoms in total. The van der Waals surface area contributed by atoms with Crippen LogP contribution in [0.15, 0.2) is 28.7 Å². The maximum absolute atomic E-state index is 5.64. The van der Waals surface area contributed by atoms with Gasteiger partial charge in [-0.2, -0.15) is 0 Å². The Labute approximate surface area is 114 Å². The highest BCUT2D eigenvalue weighted by molar-refractivity contribution is 9.10. The molecule has 2 rings (SSSR count). The van der Waals surface area contributed by atoms with E-state index in [0.717, 1.165) is 35.4 Å². The lowest BCUT2D eigenvalue weighted by molar-refractivity contribution is 0.285. The van der Waals surface area contributed by atoms with Crippen molar-refractivity contribution in [3.8, 4) is 5.75 Å². The van der Waals surface area contributed by atoms with Gasteiger partial charge >= 0.3 is 0 Å². The monoisotopic (exact) mass is 310 g/mol. The molecule has 0 bridgehead atoms. The molecule has 0 fully saturated rings. The summed E-state index contributed by atoms with van der Waals surface area (Å²) in [5.41, 5.74) is 0. The van der Waals surface area contributed by atoms with Crippen molar-refractivity contribution in [1.29, 1.82) is 0 Å². The second kappa shape index (κ2) is 6.49. The third kappa shape index (κ3) is 3.53. The largest absolute Gasteiger partial charge is 0.486 e. The van der Waals surface area contributed by atoms with Crippen LogP contribution in [0.25, 0.3) is 0 Å². The number of unbranched alkanes of at least 4 members (excludes halogenated alkanes) is 1. The van der Waals surface area contributed by atoms with E-state index in [1.165, 1.54) is 0 Å². The van der Waals surface area contributed by atoms with Gasteiger partial charge in [0.15, 0.2) is 5.82 Å². The molecule has 0 saturated heterocycles. The van der Waals surface area contributed by atoms with Crippen molar-refractivity contribution in [2.45, 2.75) is 32.9 Å². The lowest BCUT2D eigenvalue weighted by Crippen LogP contribution is -2.08. The minimum Gasteiger partial charge on any atom is -0.486 e. The van der Waals surface area contributed by atoms with Gasteiger partial charge in [-0.05, 0) is 41.1 Å². The zero-order chi connectivity index (χ0) is 12.8. The topological polar surface area (TPSA) is 52.8 Å². The van der Waals surface area contributed by atoms with Crippen LogP contribution in [0.4, 0.5) is 0 Å². The molecule has 0 radical (unpaired) electrons. The number of aryl methyl sites for hydroxylation is 1. The molecule has 2 aromatic rings. The number of halogens is 1. The molecule has 0 saturated carbocycles. The van der Waals surface area contributed by atoms with E-state index < -0.39 is 0 Å². The molecule has 0 aliphatic carbocycles. The summed E-state index contributed by atoms with van der Waals surface area (Å²) in [5.74, 6) is 1.56. The highest BCUT2D eigenvalue weighted by atomic mass is 79.9. The summed E-state index contributed by atoms with van der Waals surface area (Å²) >= 11 is 3.38. The molecule has 0 atom stereocenters. The Balaban J connectivity index is 1.93. The van der Waals surface area contributed by atoms with E-state index in [1.54, 1.807) is 4.68 Å². The second-order valence-electron chi connectivity index (χ2n) is 3.91. The van der Waals surface area contributed by atoms with Crippen LogP contribution in [0.5, 0.6) is 5.75 Å². The molecule has 0 N–H and O–H groups in total. The number of hydrogen-bond acceptors (Lipinski definition) is 4. The summed E-state index contributed by atoms with van der Waals surface area (Å²) in [6, 6.07) is 7.69. The quantitative estimate of drug-likeness (QED) is 0.823. The van der Waals surface area contributed by atoms with Crippen molar-refractivity contribution < 1.29 is 4.74 Å². The zero-order valence-corrected chi connectivity index (χ0v) is 11.8. The van der Waals surface area contributed by atoms with E-state index >= 15 is 0 Å². The summed E-state index contributed by atoms with van der Waals surface area (Å²) in [4.78, 5) is 0. The average molecular weight is 311 g/mol. The van der Waals surface area contributed by atoms with Crippen molar-refractivity contribution in [2.24, 2.45) is 0 Å². The average Bonchev–Trinajstić information content (AvgIpc) is 2.83. The Morgan fingerprint density at radius 3 is 2.78 bits per heavy atom. The third-order valence-electron chi connectivity index (χ3n) is 2.51. The summed E-state index contributed by atoms with van der Waals surface area (Å²) < 4.78 is 8.47. The first kappa shape index (κ1) is 13.0. The summed E-state index contributed by atoms with van der Waals surface area (Å²) in [7, 11) is 0. The second-order valence-corrected chi connectivity index (χ2v) is 4.83. The molecule has 1 aromatic carbocycles. The molecule has 0 aliphatic heterocycles. The number of nitrogens with zero attached hydrogens (tertiary/aromatic N) is 4. The van der Waals surface area contributed by atoms with E-state index in [2.05, 4.69) is 38.4 Å². The normalized spacial score (nSPS) is 10.6. The lowest BCUT2D eigenvalue weighted by atomic mass is 10.3. The fourth-order valence-corrected chi connectivity index (χ4v) is 1.75. The van der Waals surface area contributed by atoms with Crippen LogP contribution in [0.2, 0.25) is 0 Å². The van der Waals surface area contributed by atoms with Gasteiger partial charge < -0.3 is 4.74 Å². The predicted molar refractivity (Wildman–Crippen MR) is 71.2 cm³/mol. The van der Waals surface area contributed by atoms with Crippen LogP contribution < -0.4 is 4.74 Å². The van der Waals surface area contributed by atoms with Gasteiger partial charge in [0, 0.05) is 11.0 Å². The zero-order valence-electron chi connectivity index (χ0n) is 10.2.